The van der Waals surface area contributed by atoms with Gasteiger partial charge in [0.25, 0.3) is 0 Å². The molecule has 1 unspecified atom stereocenters. The Morgan fingerprint density at radius 2 is 2.40 bits per heavy atom. The zero-order chi connectivity index (χ0) is 10.7. The van der Waals surface area contributed by atoms with E-state index in [0.29, 0.717) is 6.04 Å². The molecule has 82 valence electrons. The van der Waals surface area contributed by atoms with Gasteiger partial charge in [-0.25, -0.2) is 0 Å². The average molecular weight is 243 g/mol. The van der Waals surface area contributed by atoms with Crippen molar-refractivity contribution >= 4 is 29.1 Å². The van der Waals surface area contributed by atoms with Crippen molar-refractivity contribution in [2.24, 2.45) is 0 Å². The molecule has 0 saturated carbocycles. The van der Waals surface area contributed by atoms with Crippen molar-refractivity contribution in [2.75, 3.05) is 18.0 Å². The van der Waals surface area contributed by atoms with Crippen LogP contribution in [-0.2, 0) is 0 Å². The van der Waals surface area contributed by atoms with Gasteiger partial charge in [-0.05, 0) is 37.6 Å². The van der Waals surface area contributed by atoms with Crippen LogP contribution in [0.3, 0.4) is 0 Å². The molecule has 1 aromatic rings. The van der Waals surface area contributed by atoms with Gasteiger partial charge in [0, 0.05) is 22.4 Å². The lowest BCUT2D eigenvalue weighted by atomic mass is 10.3. The van der Waals surface area contributed by atoms with Gasteiger partial charge >= 0.3 is 0 Å². The summed E-state index contributed by atoms with van der Waals surface area (Å²) in [6.07, 6.45) is 2.56. The van der Waals surface area contributed by atoms with Gasteiger partial charge in [0.1, 0.15) is 0 Å². The third-order valence-corrected chi connectivity index (χ3v) is 4.22. The van der Waals surface area contributed by atoms with Crippen LogP contribution in [-0.4, -0.2) is 18.3 Å². The second kappa shape index (κ2) is 5.10. The molecule has 0 aliphatic carbocycles. The largest absolute Gasteiger partial charge is 0.399 e. The molecule has 1 saturated heterocycles. The summed E-state index contributed by atoms with van der Waals surface area (Å²) >= 11 is 7.87. The Bertz CT molecular complexity index is 337. The molecule has 0 bridgehead atoms. The summed E-state index contributed by atoms with van der Waals surface area (Å²) in [5.74, 6) is 1.07. The molecule has 0 radical (unpaired) electrons. The Kier molecular flexibility index (Phi) is 3.78. The van der Waals surface area contributed by atoms with E-state index in [2.05, 4.69) is 5.32 Å². The third-order valence-electron chi connectivity index (χ3n) is 2.56. The molecule has 4 heteroatoms. The molecule has 0 spiro atoms. The summed E-state index contributed by atoms with van der Waals surface area (Å²) < 4.78 is 0. The van der Waals surface area contributed by atoms with E-state index in [-0.39, 0.29) is 0 Å². The molecule has 2 rings (SSSR count). The average Bonchev–Trinajstić information content (AvgIpc) is 2.72. The highest BCUT2D eigenvalue weighted by Crippen LogP contribution is 2.30. The van der Waals surface area contributed by atoms with Crippen molar-refractivity contribution in [3.8, 4) is 0 Å². The van der Waals surface area contributed by atoms with Crippen LogP contribution in [0.5, 0.6) is 0 Å². The molecule has 15 heavy (non-hydrogen) atoms. The Morgan fingerprint density at radius 1 is 1.53 bits per heavy atom. The smallest absolute Gasteiger partial charge is 0.0543 e. The predicted molar refractivity (Wildman–Crippen MR) is 67.6 cm³/mol. The van der Waals surface area contributed by atoms with Crippen LogP contribution in [0.25, 0.3) is 0 Å². The maximum absolute atomic E-state index is 6.08. The number of hydrogen-bond donors (Lipinski definition) is 2. The molecule has 1 atom stereocenters. The highest BCUT2D eigenvalue weighted by Gasteiger charge is 2.14. The number of hydrogen-bond acceptors (Lipinski definition) is 3. The maximum atomic E-state index is 6.08. The van der Waals surface area contributed by atoms with Gasteiger partial charge < -0.3 is 11.1 Å². The number of halogens is 1. The first-order valence-electron chi connectivity index (χ1n) is 5.17. The van der Waals surface area contributed by atoms with E-state index in [1.54, 1.807) is 11.8 Å². The fraction of sp³-hybridized carbons (Fsp3) is 0.455. The number of thioether (sulfide) groups is 1. The monoisotopic (exact) mass is 242 g/mol. The second-order valence-corrected chi connectivity index (χ2v) is 5.26. The Labute approximate surface area is 99.6 Å². The van der Waals surface area contributed by atoms with E-state index in [0.717, 1.165) is 27.9 Å². The van der Waals surface area contributed by atoms with Gasteiger partial charge in [0.05, 0.1) is 5.02 Å². The summed E-state index contributed by atoms with van der Waals surface area (Å²) in [7, 11) is 0. The number of anilines is 1. The van der Waals surface area contributed by atoms with Crippen molar-refractivity contribution in [1.29, 1.82) is 0 Å². The minimum atomic E-state index is 0.632. The van der Waals surface area contributed by atoms with Crippen molar-refractivity contribution in [3.63, 3.8) is 0 Å². The van der Waals surface area contributed by atoms with Crippen LogP contribution in [0.4, 0.5) is 5.69 Å². The standard InChI is InChI=1S/C11H15ClN2S/c12-10-4-3-8(13)6-11(10)15-7-9-2-1-5-14-9/h3-4,6,9,14H,1-2,5,7,13H2. The molecular formula is C11H15ClN2S. The molecule has 1 fully saturated rings. The van der Waals surface area contributed by atoms with Gasteiger partial charge in [0.2, 0.25) is 0 Å². The zero-order valence-corrected chi connectivity index (χ0v) is 10.1. The van der Waals surface area contributed by atoms with Crippen molar-refractivity contribution in [2.45, 2.75) is 23.8 Å². The van der Waals surface area contributed by atoms with E-state index in [9.17, 15) is 0 Å². The molecule has 1 aliphatic rings. The third kappa shape index (κ3) is 3.03. The number of benzene rings is 1. The second-order valence-electron chi connectivity index (χ2n) is 3.79. The summed E-state index contributed by atoms with van der Waals surface area (Å²) in [6.45, 7) is 1.15. The van der Waals surface area contributed by atoms with Gasteiger partial charge in [-0.15, -0.1) is 11.8 Å². The first-order chi connectivity index (χ1) is 7.25. The Morgan fingerprint density at radius 3 is 3.13 bits per heavy atom. The Balaban J connectivity index is 1.94. The number of nitrogens with two attached hydrogens (primary N) is 1. The van der Waals surface area contributed by atoms with Gasteiger partial charge in [0.15, 0.2) is 0 Å². The lowest BCUT2D eigenvalue weighted by Crippen LogP contribution is -2.23. The zero-order valence-electron chi connectivity index (χ0n) is 8.50. The SMILES string of the molecule is Nc1ccc(Cl)c(SCC2CCCN2)c1. The molecule has 1 aliphatic heterocycles. The minimum absolute atomic E-state index is 0.632. The van der Waals surface area contributed by atoms with Crippen LogP contribution in [0, 0.1) is 0 Å². The van der Waals surface area contributed by atoms with Crippen LogP contribution >= 0.6 is 23.4 Å². The van der Waals surface area contributed by atoms with E-state index in [4.69, 9.17) is 17.3 Å². The molecule has 0 aromatic heterocycles. The highest BCUT2D eigenvalue weighted by atomic mass is 35.5. The summed E-state index contributed by atoms with van der Waals surface area (Å²) in [4.78, 5) is 1.09. The molecule has 2 nitrogen and oxygen atoms in total. The van der Waals surface area contributed by atoms with Crippen LogP contribution < -0.4 is 11.1 Å². The van der Waals surface area contributed by atoms with E-state index in [1.807, 2.05) is 18.2 Å². The number of rotatable bonds is 3. The van der Waals surface area contributed by atoms with Gasteiger partial charge in [-0.1, -0.05) is 11.6 Å². The predicted octanol–water partition coefficient (Wildman–Crippen LogP) is 2.77. The van der Waals surface area contributed by atoms with Crippen LogP contribution in [0.2, 0.25) is 5.02 Å². The van der Waals surface area contributed by atoms with Crippen LogP contribution in [0.15, 0.2) is 23.1 Å². The Hall–Kier alpha value is -0.380. The summed E-state index contributed by atoms with van der Waals surface area (Å²) in [5.41, 5.74) is 6.50. The quantitative estimate of drug-likeness (QED) is 0.632. The normalized spacial score (nSPS) is 20.7. The minimum Gasteiger partial charge on any atom is -0.399 e. The molecule has 1 aromatic carbocycles. The fourth-order valence-electron chi connectivity index (χ4n) is 1.72. The van der Waals surface area contributed by atoms with Crippen molar-refractivity contribution in [3.05, 3.63) is 23.2 Å². The number of nitrogens with one attached hydrogen (secondary N) is 1. The van der Waals surface area contributed by atoms with E-state index >= 15 is 0 Å². The van der Waals surface area contributed by atoms with Crippen molar-refractivity contribution in [1.82, 2.24) is 5.32 Å². The van der Waals surface area contributed by atoms with Gasteiger partial charge in [-0.3, -0.25) is 0 Å². The molecule has 0 amide bonds. The lowest BCUT2D eigenvalue weighted by Gasteiger charge is -2.10. The summed E-state index contributed by atoms with van der Waals surface area (Å²) in [5, 5.41) is 4.26. The maximum Gasteiger partial charge on any atom is 0.0543 e. The van der Waals surface area contributed by atoms with Crippen LogP contribution in [0.1, 0.15) is 12.8 Å². The van der Waals surface area contributed by atoms with E-state index in [1.165, 1.54) is 12.8 Å². The lowest BCUT2D eigenvalue weighted by molar-refractivity contribution is 0.674. The highest BCUT2D eigenvalue weighted by molar-refractivity contribution is 7.99. The molecule has 1 heterocycles. The molecular weight excluding hydrogens is 228 g/mol. The van der Waals surface area contributed by atoms with Crippen molar-refractivity contribution < 1.29 is 0 Å². The van der Waals surface area contributed by atoms with Gasteiger partial charge in [-0.2, -0.15) is 0 Å². The fourth-order valence-corrected chi connectivity index (χ4v) is 3.09. The summed E-state index contributed by atoms with van der Waals surface area (Å²) in [6, 6.07) is 6.27. The van der Waals surface area contributed by atoms with E-state index < -0.39 is 0 Å². The first kappa shape index (κ1) is 11.1. The topological polar surface area (TPSA) is 38.0 Å². The number of nitrogen functional groups attached to an aromatic ring is 1. The molecule has 3 N–H and O–H groups in total. The first-order valence-corrected chi connectivity index (χ1v) is 6.53.